The van der Waals surface area contributed by atoms with E-state index in [9.17, 15) is 9.90 Å². The van der Waals surface area contributed by atoms with Crippen LogP contribution in [0.15, 0.2) is 40.5 Å². The molecule has 0 aliphatic rings. The van der Waals surface area contributed by atoms with Crippen LogP contribution in [0.3, 0.4) is 0 Å². The number of H-pyrrole nitrogens is 1. The number of aromatic amines is 1. The molecule has 3 rings (SSSR count). The van der Waals surface area contributed by atoms with Crippen molar-refractivity contribution in [3.8, 4) is 22.9 Å². The molecule has 120 valence electrons. The van der Waals surface area contributed by atoms with Gasteiger partial charge in [0.2, 0.25) is 0 Å². The van der Waals surface area contributed by atoms with Crippen molar-refractivity contribution < 1.29 is 10.2 Å². The molecule has 6 heteroatoms. The average Bonchev–Trinajstić information content (AvgIpc) is 3.00. The number of nitrogens with zero attached hydrogens (tertiary/aromatic N) is 1. The molecule has 2 aromatic heterocycles. The molecule has 5 nitrogen and oxygen atoms in total. The van der Waals surface area contributed by atoms with Crippen LogP contribution in [-0.4, -0.2) is 21.8 Å². The molecule has 0 spiro atoms. The second-order valence-corrected chi connectivity index (χ2v) is 6.06. The standard InChI is InChI=1S/C18H14N2O3S/c19-9-13-16(22)15-14(10-24-18(15)20-17(13)23)12-6-4-11(5-7-12)3-1-2-8-21/h1,3-7,10,21H,2,8H2,(H2,20,22,23)/b3-1+. The number of nitrogens with one attached hydrogen (secondary N) is 1. The predicted octanol–water partition coefficient (Wildman–Crippen LogP) is 3.23. The lowest BCUT2D eigenvalue weighted by atomic mass is 10.0. The van der Waals surface area contributed by atoms with Gasteiger partial charge in [0.1, 0.15) is 16.6 Å². The van der Waals surface area contributed by atoms with Gasteiger partial charge in [-0.1, -0.05) is 36.4 Å². The fraction of sp³-hybridized carbons (Fsp3) is 0.111. The lowest BCUT2D eigenvalue weighted by Gasteiger charge is -2.04. The third kappa shape index (κ3) is 2.83. The van der Waals surface area contributed by atoms with Crippen LogP contribution in [0.2, 0.25) is 0 Å². The van der Waals surface area contributed by atoms with Gasteiger partial charge in [0.15, 0.2) is 5.56 Å². The molecular weight excluding hydrogens is 324 g/mol. The zero-order valence-electron chi connectivity index (χ0n) is 12.6. The van der Waals surface area contributed by atoms with Gasteiger partial charge < -0.3 is 15.2 Å². The highest BCUT2D eigenvalue weighted by atomic mass is 32.1. The molecular formula is C18H14N2O3S. The first-order valence-corrected chi connectivity index (χ1v) is 8.18. The van der Waals surface area contributed by atoms with Gasteiger partial charge in [-0.2, -0.15) is 5.26 Å². The van der Waals surface area contributed by atoms with E-state index in [2.05, 4.69) is 4.98 Å². The molecule has 0 unspecified atom stereocenters. The summed E-state index contributed by atoms with van der Waals surface area (Å²) in [7, 11) is 0. The first kappa shape index (κ1) is 16.0. The quantitative estimate of drug-likeness (QED) is 0.680. The summed E-state index contributed by atoms with van der Waals surface area (Å²) in [5, 5.41) is 30.4. The average molecular weight is 338 g/mol. The summed E-state index contributed by atoms with van der Waals surface area (Å²) in [6.07, 6.45) is 4.42. The highest BCUT2D eigenvalue weighted by molar-refractivity contribution is 7.17. The van der Waals surface area contributed by atoms with Crippen molar-refractivity contribution in [2.45, 2.75) is 6.42 Å². The zero-order valence-corrected chi connectivity index (χ0v) is 13.4. The van der Waals surface area contributed by atoms with E-state index < -0.39 is 5.56 Å². The molecule has 0 atom stereocenters. The minimum Gasteiger partial charge on any atom is -0.506 e. The van der Waals surface area contributed by atoms with Crippen molar-refractivity contribution in [2.75, 3.05) is 6.61 Å². The zero-order chi connectivity index (χ0) is 17.1. The number of hydrogen-bond acceptors (Lipinski definition) is 5. The van der Waals surface area contributed by atoms with Crippen LogP contribution in [-0.2, 0) is 0 Å². The van der Waals surface area contributed by atoms with Gasteiger partial charge in [0.25, 0.3) is 5.56 Å². The lowest BCUT2D eigenvalue weighted by Crippen LogP contribution is -2.09. The highest BCUT2D eigenvalue weighted by Crippen LogP contribution is 2.38. The number of aromatic hydroxyl groups is 1. The number of aliphatic hydroxyl groups is 1. The van der Waals surface area contributed by atoms with E-state index in [1.165, 1.54) is 11.3 Å². The van der Waals surface area contributed by atoms with E-state index in [1.807, 2.05) is 41.8 Å². The van der Waals surface area contributed by atoms with Crippen molar-refractivity contribution in [1.82, 2.24) is 4.98 Å². The lowest BCUT2D eigenvalue weighted by molar-refractivity contribution is 0.303. The number of pyridine rings is 1. The maximum Gasteiger partial charge on any atom is 0.270 e. The smallest absolute Gasteiger partial charge is 0.270 e. The summed E-state index contributed by atoms with van der Waals surface area (Å²) in [4.78, 5) is 14.9. The third-order valence-corrected chi connectivity index (χ3v) is 4.55. The normalized spacial score (nSPS) is 11.2. The number of nitriles is 1. The van der Waals surface area contributed by atoms with E-state index in [4.69, 9.17) is 10.4 Å². The molecule has 0 aliphatic carbocycles. The second kappa shape index (κ2) is 6.71. The van der Waals surface area contributed by atoms with Crippen molar-refractivity contribution >= 4 is 27.6 Å². The van der Waals surface area contributed by atoms with Crippen molar-refractivity contribution in [3.05, 3.63) is 57.2 Å². The summed E-state index contributed by atoms with van der Waals surface area (Å²) in [6, 6.07) is 9.43. The van der Waals surface area contributed by atoms with Crippen LogP contribution in [0.5, 0.6) is 5.75 Å². The number of thiophene rings is 1. The Morgan fingerprint density at radius 3 is 2.71 bits per heavy atom. The van der Waals surface area contributed by atoms with Gasteiger partial charge in [0.05, 0.1) is 5.39 Å². The Bertz CT molecular complexity index is 1010. The maximum absolute atomic E-state index is 11.7. The number of aliphatic hydroxyl groups excluding tert-OH is 1. The van der Waals surface area contributed by atoms with E-state index in [1.54, 1.807) is 6.07 Å². The van der Waals surface area contributed by atoms with E-state index in [-0.39, 0.29) is 17.9 Å². The molecule has 3 aromatic rings. The number of rotatable bonds is 4. The predicted molar refractivity (Wildman–Crippen MR) is 95.0 cm³/mol. The maximum atomic E-state index is 11.7. The Balaban J connectivity index is 2.07. The number of fused-ring (bicyclic) bond motifs is 1. The summed E-state index contributed by atoms with van der Waals surface area (Å²) < 4.78 is 0. The van der Waals surface area contributed by atoms with Crippen LogP contribution >= 0.6 is 11.3 Å². The molecule has 0 aliphatic heterocycles. The number of aromatic nitrogens is 1. The minimum atomic E-state index is -0.583. The number of hydrogen-bond donors (Lipinski definition) is 3. The summed E-state index contributed by atoms with van der Waals surface area (Å²) >= 11 is 1.31. The molecule has 0 saturated heterocycles. The Morgan fingerprint density at radius 2 is 2.04 bits per heavy atom. The monoisotopic (exact) mass is 338 g/mol. The molecule has 24 heavy (non-hydrogen) atoms. The number of benzene rings is 1. The largest absolute Gasteiger partial charge is 0.506 e. The van der Waals surface area contributed by atoms with Gasteiger partial charge >= 0.3 is 0 Å². The molecule has 0 radical (unpaired) electrons. The second-order valence-electron chi connectivity index (χ2n) is 5.18. The van der Waals surface area contributed by atoms with Crippen molar-refractivity contribution in [2.24, 2.45) is 0 Å². The molecule has 3 N–H and O–H groups in total. The van der Waals surface area contributed by atoms with E-state index >= 15 is 0 Å². The van der Waals surface area contributed by atoms with Gasteiger partial charge in [-0.3, -0.25) is 4.79 Å². The fourth-order valence-electron chi connectivity index (χ4n) is 2.47. The van der Waals surface area contributed by atoms with Crippen LogP contribution in [0.25, 0.3) is 27.4 Å². The van der Waals surface area contributed by atoms with Crippen LogP contribution in [0, 0.1) is 11.3 Å². The first-order chi connectivity index (χ1) is 11.7. The summed E-state index contributed by atoms with van der Waals surface area (Å²) in [6.45, 7) is 0.119. The molecule has 2 heterocycles. The van der Waals surface area contributed by atoms with Crippen LogP contribution in [0.1, 0.15) is 17.5 Å². The first-order valence-electron chi connectivity index (χ1n) is 7.30. The molecule has 1 aromatic carbocycles. The molecule has 0 fully saturated rings. The van der Waals surface area contributed by atoms with Gasteiger partial charge in [-0.05, 0) is 17.5 Å². The van der Waals surface area contributed by atoms with E-state index in [0.717, 1.165) is 16.7 Å². The Hall–Kier alpha value is -2.88. The van der Waals surface area contributed by atoms with Gasteiger partial charge in [0, 0.05) is 17.6 Å². The molecule has 0 saturated carbocycles. The topological polar surface area (TPSA) is 97.1 Å². The molecule has 0 amide bonds. The fourth-order valence-corrected chi connectivity index (χ4v) is 3.43. The third-order valence-electron chi connectivity index (χ3n) is 3.66. The SMILES string of the molecule is N#Cc1c(O)c2c(-c3ccc(/C=C/CCO)cc3)csc2[nH]c1=O. The minimum absolute atomic E-state index is 0.119. The van der Waals surface area contributed by atoms with Crippen molar-refractivity contribution in [3.63, 3.8) is 0 Å². The molecule has 0 bridgehead atoms. The van der Waals surface area contributed by atoms with Crippen LogP contribution < -0.4 is 5.56 Å². The Labute approximate surface area is 141 Å². The Morgan fingerprint density at radius 1 is 1.29 bits per heavy atom. The van der Waals surface area contributed by atoms with Crippen molar-refractivity contribution in [1.29, 1.82) is 5.26 Å². The van der Waals surface area contributed by atoms with Gasteiger partial charge in [-0.25, -0.2) is 0 Å². The van der Waals surface area contributed by atoms with Gasteiger partial charge in [-0.15, -0.1) is 11.3 Å². The van der Waals surface area contributed by atoms with Crippen LogP contribution in [0.4, 0.5) is 0 Å². The summed E-state index contributed by atoms with van der Waals surface area (Å²) in [5.74, 6) is -0.278. The highest BCUT2D eigenvalue weighted by Gasteiger charge is 2.17. The summed E-state index contributed by atoms with van der Waals surface area (Å²) in [5.41, 5.74) is 1.80. The Kier molecular flexibility index (Phi) is 4.47. The van der Waals surface area contributed by atoms with E-state index in [0.29, 0.717) is 16.6 Å².